The Morgan fingerprint density at radius 1 is 1.06 bits per heavy atom. The van der Waals surface area contributed by atoms with E-state index < -0.39 is 29.1 Å². The Labute approximate surface area is 205 Å². The summed E-state index contributed by atoms with van der Waals surface area (Å²) >= 11 is 12.2. The molecule has 5 rings (SSSR count). The molecular weight excluding hydrogens is 504 g/mol. The normalized spacial score (nSPS) is 11.8. The van der Waals surface area contributed by atoms with Crippen molar-refractivity contribution in [2.75, 3.05) is 0 Å². The van der Waals surface area contributed by atoms with Gasteiger partial charge in [-0.05, 0) is 35.9 Å². The first-order chi connectivity index (χ1) is 16.7. The number of nitrogens with zero attached hydrogens (tertiary/aromatic N) is 4. The van der Waals surface area contributed by atoms with Crippen LogP contribution < -0.4 is 0 Å². The number of para-hydroxylation sites is 1. The Morgan fingerprint density at radius 3 is 2.57 bits per heavy atom. The second-order valence-corrected chi connectivity index (χ2v) is 8.40. The number of benzene rings is 2. The van der Waals surface area contributed by atoms with Crippen molar-refractivity contribution < 1.29 is 22.5 Å². The molecular formula is C24H13Cl2F3N4O2. The van der Waals surface area contributed by atoms with Gasteiger partial charge >= 0.3 is 6.18 Å². The summed E-state index contributed by atoms with van der Waals surface area (Å²) in [5.41, 5.74) is -0.680. The average Bonchev–Trinajstić information content (AvgIpc) is 3.45. The molecule has 0 atom stereocenters. The van der Waals surface area contributed by atoms with Gasteiger partial charge in [0.15, 0.2) is 0 Å². The van der Waals surface area contributed by atoms with E-state index in [0.29, 0.717) is 16.1 Å². The summed E-state index contributed by atoms with van der Waals surface area (Å²) < 4.78 is 49.4. The van der Waals surface area contributed by atoms with Crippen LogP contribution in [0.3, 0.4) is 0 Å². The van der Waals surface area contributed by atoms with Gasteiger partial charge in [-0.2, -0.15) is 18.2 Å². The molecule has 0 amide bonds. The number of alkyl halides is 3. The number of hydrogen-bond donors (Lipinski definition) is 0. The lowest BCUT2D eigenvalue weighted by atomic mass is 10.1. The van der Waals surface area contributed by atoms with Crippen LogP contribution >= 0.6 is 23.2 Å². The Kier molecular flexibility index (Phi) is 5.82. The maximum atomic E-state index is 14.5. The number of carbonyl (C=O) groups is 1. The second kappa shape index (κ2) is 8.83. The fraction of sp³-hybridized carbons (Fsp3) is 0.0833. The maximum absolute atomic E-state index is 14.5. The molecule has 0 unspecified atom stereocenters. The van der Waals surface area contributed by atoms with Gasteiger partial charge in [0, 0.05) is 45.5 Å². The van der Waals surface area contributed by atoms with Gasteiger partial charge < -0.3 is 9.09 Å². The van der Waals surface area contributed by atoms with Crippen LogP contribution in [0.25, 0.3) is 22.3 Å². The smallest absolute Gasteiger partial charge is 0.332 e. The number of halogens is 5. The third-order valence-corrected chi connectivity index (χ3v) is 5.94. The summed E-state index contributed by atoms with van der Waals surface area (Å²) in [6.07, 6.45) is -1.90. The van der Waals surface area contributed by atoms with Gasteiger partial charge in [0.25, 0.3) is 11.7 Å². The molecule has 6 nitrogen and oxygen atoms in total. The maximum Gasteiger partial charge on any atom is 0.432 e. The van der Waals surface area contributed by atoms with Crippen LogP contribution in [-0.4, -0.2) is 25.5 Å². The van der Waals surface area contributed by atoms with E-state index in [-0.39, 0.29) is 28.3 Å². The molecule has 0 radical (unpaired) electrons. The van der Waals surface area contributed by atoms with Crippen molar-refractivity contribution >= 4 is 39.9 Å². The van der Waals surface area contributed by atoms with E-state index >= 15 is 0 Å². The molecule has 0 aliphatic heterocycles. The van der Waals surface area contributed by atoms with E-state index in [2.05, 4.69) is 15.1 Å². The highest BCUT2D eigenvalue weighted by Gasteiger charge is 2.42. The molecule has 35 heavy (non-hydrogen) atoms. The summed E-state index contributed by atoms with van der Waals surface area (Å²) in [6.45, 7) is -0.247. The van der Waals surface area contributed by atoms with Gasteiger partial charge in [-0.3, -0.25) is 9.78 Å². The van der Waals surface area contributed by atoms with Crippen molar-refractivity contribution in [2.24, 2.45) is 0 Å². The van der Waals surface area contributed by atoms with Gasteiger partial charge in [0.1, 0.15) is 5.69 Å². The molecule has 0 aliphatic carbocycles. The highest BCUT2D eigenvalue weighted by Crippen LogP contribution is 2.40. The zero-order valence-electron chi connectivity index (χ0n) is 17.6. The lowest BCUT2D eigenvalue weighted by molar-refractivity contribution is -0.143. The molecule has 3 aromatic heterocycles. The van der Waals surface area contributed by atoms with Gasteiger partial charge in [0.2, 0.25) is 5.82 Å². The summed E-state index contributed by atoms with van der Waals surface area (Å²) in [7, 11) is 0. The quantitative estimate of drug-likeness (QED) is 0.243. The van der Waals surface area contributed by atoms with Crippen LogP contribution in [0.4, 0.5) is 13.2 Å². The molecule has 0 aliphatic rings. The standard InChI is InChI=1S/C24H13Cl2F3N4O2/c25-15-8-7-14(17(26)10-15)12-33-18-6-2-1-5-16(18)19(21(33)24(27,28)29)20(34)23-31-22(32-35-23)13-4-3-9-30-11-13/h1-11H,12H2. The molecule has 2 aromatic carbocycles. The van der Waals surface area contributed by atoms with E-state index in [1.54, 1.807) is 30.3 Å². The zero-order chi connectivity index (χ0) is 24.7. The van der Waals surface area contributed by atoms with Crippen molar-refractivity contribution in [3.63, 3.8) is 0 Å². The van der Waals surface area contributed by atoms with Crippen LogP contribution in [0.2, 0.25) is 10.0 Å². The molecule has 3 heterocycles. The van der Waals surface area contributed by atoms with Gasteiger partial charge in [-0.1, -0.05) is 52.6 Å². The molecule has 0 bridgehead atoms. The lowest BCUT2D eigenvalue weighted by Crippen LogP contribution is -2.19. The Morgan fingerprint density at radius 2 is 1.86 bits per heavy atom. The molecule has 0 saturated heterocycles. The average molecular weight is 517 g/mol. The van der Waals surface area contributed by atoms with E-state index in [1.807, 2.05) is 0 Å². The monoisotopic (exact) mass is 516 g/mol. The largest absolute Gasteiger partial charge is 0.432 e. The predicted octanol–water partition coefficient (Wildman–Crippen LogP) is 6.69. The number of fused-ring (bicyclic) bond motifs is 1. The minimum absolute atomic E-state index is 0.0340. The Balaban J connectivity index is 1.68. The number of ketones is 1. The number of rotatable bonds is 5. The van der Waals surface area contributed by atoms with Gasteiger partial charge in [0.05, 0.1) is 5.56 Å². The van der Waals surface area contributed by atoms with Crippen LogP contribution in [0, 0.1) is 0 Å². The summed E-state index contributed by atoms with van der Waals surface area (Å²) in [6, 6.07) is 13.9. The molecule has 0 saturated carbocycles. The summed E-state index contributed by atoms with van der Waals surface area (Å²) in [4.78, 5) is 21.3. The third kappa shape index (κ3) is 4.28. The highest BCUT2D eigenvalue weighted by atomic mass is 35.5. The lowest BCUT2D eigenvalue weighted by Gasteiger charge is -2.15. The fourth-order valence-corrected chi connectivity index (χ4v) is 4.32. The van der Waals surface area contributed by atoms with Crippen molar-refractivity contribution in [3.8, 4) is 11.4 Å². The molecule has 176 valence electrons. The molecule has 5 aromatic rings. The molecule has 0 fully saturated rings. The van der Waals surface area contributed by atoms with E-state index in [9.17, 15) is 18.0 Å². The molecule has 11 heteroatoms. The SMILES string of the molecule is O=C(c1nc(-c2cccnc2)no1)c1c(C(F)(F)F)n(Cc2ccc(Cl)cc2Cl)c2ccccc12. The van der Waals surface area contributed by atoms with Crippen LogP contribution in [0.5, 0.6) is 0 Å². The minimum Gasteiger partial charge on any atom is -0.332 e. The number of hydrogen-bond acceptors (Lipinski definition) is 5. The van der Waals surface area contributed by atoms with E-state index in [0.717, 1.165) is 4.57 Å². The first-order valence-electron chi connectivity index (χ1n) is 10.1. The highest BCUT2D eigenvalue weighted by molar-refractivity contribution is 6.35. The van der Waals surface area contributed by atoms with Crippen molar-refractivity contribution in [1.82, 2.24) is 19.7 Å². The first kappa shape index (κ1) is 23.1. The second-order valence-electron chi connectivity index (χ2n) is 7.55. The fourth-order valence-electron chi connectivity index (χ4n) is 3.85. The Bertz CT molecular complexity index is 1560. The zero-order valence-corrected chi connectivity index (χ0v) is 19.1. The van der Waals surface area contributed by atoms with Crippen molar-refractivity contribution in [1.29, 1.82) is 0 Å². The first-order valence-corrected chi connectivity index (χ1v) is 10.9. The number of aromatic nitrogens is 4. The van der Waals surface area contributed by atoms with E-state index in [1.165, 1.54) is 36.7 Å². The van der Waals surface area contributed by atoms with Crippen LogP contribution in [-0.2, 0) is 12.7 Å². The molecule has 0 N–H and O–H groups in total. The van der Waals surface area contributed by atoms with Crippen LogP contribution in [0.1, 0.15) is 27.5 Å². The molecule has 0 spiro atoms. The number of pyridine rings is 1. The minimum atomic E-state index is -4.88. The summed E-state index contributed by atoms with van der Waals surface area (Å²) in [5.74, 6) is -1.58. The van der Waals surface area contributed by atoms with Gasteiger partial charge in [-0.25, -0.2) is 0 Å². The van der Waals surface area contributed by atoms with Crippen molar-refractivity contribution in [3.05, 3.63) is 99.7 Å². The predicted molar refractivity (Wildman–Crippen MR) is 123 cm³/mol. The summed E-state index contributed by atoms with van der Waals surface area (Å²) in [5, 5.41) is 4.38. The third-order valence-electron chi connectivity index (χ3n) is 5.35. The topological polar surface area (TPSA) is 73.8 Å². The van der Waals surface area contributed by atoms with Gasteiger partial charge in [-0.15, -0.1) is 0 Å². The van der Waals surface area contributed by atoms with E-state index in [4.69, 9.17) is 27.7 Å². The Hall–Kier alpha value is -3.69. The van der Waals surface area contributed by atoms with Crippen molar-refractivity contribution in [2.45, 2.75) is 12.7 Å². The van der Waals surface area contributed by atoms with Crippen LogP contribution in [0.15, 0.2) is 71.5 Å². The number of carbonyl (C=O) groups excluding carboxylic acids is 1.